The van der Waals surface area contributed by atoms with Crippen molar-refractivity contribution in [3.63, 3.8) is 0 Å². The lowest BCUT2D eigenvalue weighted by molar-refractivity contribution is 1.30. The Morgan fingerprint density at radius 1 is 1.00 bits per heavy atom. The van der Waals surface area contributed by atoms with Gasteiger partial charge in [-0.05, 0) is 30.9 Å². The van der Waals surface area contributed by atoms with E-state index in [-0.39, 0.29) is 0 Å². The molecule has 74 valence electrons. The zero-order valence-electron chi connectivity index (χ0n) is 9.33. The van der Waals surface area contributed by atoms with Gasteiger partial charge in [0.2, 0.25) is 0 Å². The maximum atomic E-state index is 4.15. The molecule has 0 aliphatic heterocycles. The summed E-state index contributed by atoms with van der Waals surface area (Å²) in [7, 11) is 0. The van der Waals surface area contributed by atoms with Crippen molar-refractivity contribution in [2.45, 2.75) is 27.7 Å². The van der Waals surface area contributed by atoms with Crippen LogP contribution in [0, 0.1) is 13.8 Å². The number of rotatable bonds is 0. The molecule has 0 saturated carbocycles. The van der Waals surface area contributed by atoms with Crippen molar-refractivity contribution in [2.75, 3.05) is 0 Å². The number of hydrogen-bond acceptors (Lipinski definition) is 1. The number of aryl methyl sites for hydroxylation is 2. The highest BCUT2D eigenvalue weighted by molar-refractivity contribution is 5.84. The Morgan fingerprint density at radius 3 is 2.43 bits per heavy atom. The standard InChI is InChI=1S/C11H11N.C2H6/c1-8-3-4-11-9(2)6-12-7-10(11)5-8;1-2/h3-7H,1-2H3;1-2H3. The van der Waals surface area contributed by atoms with Crippen molar-refractivity contribution in [3.8, 4) is 0 Å². The Hall–Kier alpha value is -1.37. The highest BCUT2D eigenvalue weighted by Crippen LogP contribution is 2.17. The zero-order valence-corrected chi connectivity index (χ0v) is 9.33. The molecule has 0 unspecified atom stereocenters. The first kappa shape index (κ1) is 10.7. The number of aromatic nitrogens is 1. The van der Waals surface area contributed by atoms with Gasteiger partial charge in [0, 0.05) is 17.8 Å². The lowest BCUT2D eigenvalue weighted by atomic mass is 10.1. The summed E-state index contributed by atoms with van der Waals surface area (Å²) in [4.78, 5) is 4.15. The first-order chi connectivity index (χ1) is 6.77. The van der Waals surface area contributed by atoms with Crippen molar-refractivity contribution < 1.29 is 0 Å². The average Bonchev–Trinajstić information content (AvgIpc) is 2.21. The van der Waals surface area contributed by atoms with Crippen LogP contribution in [-0.4, -0.2) is 4.98 Å². The average molecular weight is 187 g/mol. The molecule has 14 heavy (non-hydrogen) atoms. The van der Waals surface area contributed by atoms with Gasteiger partial charge in [0.05, 0.1) is 0 Å². The van der Waals surface area contributed by atoms with Crippen LogP contribution in [0.2, 0.25) is 0 Å². The summed E-state index contributed by atoms with van der Waals surface area (Å²) in [6, 6.07) is 6.45. The third kappa shape index (κ3) is 2.11. The van der Waals surface area contributed by atoms with Crippen molar-refractivity contribution in [3.05, 3.63) is 41.7 Å². The molecule has 1 aromatic heterocycles. The Labute approximate surface area is 85.8 Å². The lowest BCUT2D eigenvalue weighted by Gasteiger charge is -2.00. The number of nitrogens with zero attached hydrogens (tertiary/aromatic N) is 1. The van der Waals surface area contributed by atoms with E-state index in [0.29, 0.717) is 0 Å². The van der Waals surface area contributed by atoms with E-state index in [2.05, 4.69) is 37.0 Å². The molecule has 1 heteroatoms. The third-order valence-corrected chi connectivity index (χ3v) is 2.11. The second kappa shape index (κ2) is 4.75. The largest absolute Gasteiger partial charge is 0.264 e. The Morgan fingerprint density at radius 2 is 1.71 bits per heavy atom. The van der Waals surface area contributed by atoms with Crippen LogP contribution >= 0.6 is 0 Å². The van der Waals surface area contributed by atoms with E-state index in [1.54, 1.807) is 0 Å². The molecule has 0 radical (unpaired) electrons. The highest BCUT2D eigenvalue weighted by Gasteiger charge is 1.95. The molecule has 0 aliphatic carbocycles. The predicted octanol–water partition coefficient (Wildman–Crippen LogP) is 3.88. The molecule has 0 aliphatic rings. The molecule has 1 nitrogen and oxygen atoms in total. The van der Waals surface area contributed by atoms with E-state index in [9.17, 15) is 0 Å². The van der Waals surface area contributed by atoms with Crippen molar-refractivity contribution in [1.82, 2.24) is 4.98 Å². The van der Waals surface area contributed by atoms with Crippen LogP contribution in [-0.2, 0) is 0 Å². The van der Waals surface area contributed by atoms with Crippen molar-refractivity contribution in [2.24, 2.45) is 0 Å². The fourth-order valence-corrected chi connectivity index (χ4v) is 1.45. The minimum Gasteiger partial charge on any atom is -0.264 e. The van der Waals surface area contributed by atoms with Crippen LogP contribution in [0.25, 0.3) is 10.8 Å². The SMILES string of the molecule is CC.Cc1ccc2c(C)cncc2c1. The molecule has 0 spiro atoms. The number of hydrogen-bond donors (Lipinski definition) is 0. The van der Waals surface area contributed by atoms with Crippen molar-refractivity contribution in [1.29, 1.82) is 0 Å². The van der Waals surface area contributed by atoms with Gasteiger partial charge in [-0.15, -0.1) is 0 Å². The summed E-state index contributed by atoms with van der Waals surface area (Å²) in [5.74, 6) is 0. The zero-order chi connectivity index (χ0) is 10.6. The van der Waals surface area contributed by atoms with Gasteiger partial charge >= 0.3 is 0 Å². The van der Waals surface area contributed by atoms with Crippen LogP contribution in [0.5, 0.6) is 0 Å². The van der Waals surface area contributed by atoms with E-state index in [0.717, 1.165) is 0 Å². The van der Waals surface area contributed by atoms with Gasteiger partial charge in [0.15, 0.2) is 0 Å². The topological polar surface area (TPSA) is 12.9 Å². The normalized spacial score (nSPS) is 9.43. The van der Waals surface area contributed by atoms with Gasteiger partial charge in [0.1, 0.15) is 0 Å². The van der Waals surface area contributed by atoms with E-state index in [4.69, 9.17) is 0 Å². The summed E-state index contributed by atoms with van der Waals surface area (Å²) >= 11 is 0. The minimum atomic E-state index is 1.23. The Kier molecular flexibility index (Phi) is 3.63. The van der Waals surface area contributed by atoms with Gasteiger partial charge < -0.3 is 0 Å². The summed E-state index contributed by atoms with van der Waals surface area (Å²) in [6.45, 7) is 8.19. The summed E-state index contributed by atoms with van der Waals surface area (Å²) < 4.78 is 0. The summed E-state index contributed by atoms with van der Waals surface area (Å²) in [6.07, 6.45) is 3.81. The lowest BCUT2D eigenvalue weighted by Crippen LogP contribution is -1.81. The highest BCUT2D eigenvalue weighted by atomic mass is 14.6. The van der Waals surface area contributed by atoms with Gasteiger partial charge in [-0.2, -0.15) is 0 Å². The second-order valence-corrected chi connectivity index (χ2v) is 3.18. The van der Waals surface area contributed by atoms with Crippen molar-refractivity contribution >= 4 is 10.8 Å². The molecule has 0 amide bonds. The fraction of sp³-hybridized carbons (Fsp3) is 0.308. The van der Waals surface area contributed by atoms with E-state index >= 15 is 0 Å². The summed E-state index contributed by atoms with van der Waals surface area (Å²) in [5, 5.41) is 2.53. The number of benzene rings is 1. The molecule has 0 bridgehead atoms. The fourth-order valence-electron chi connectivity index (χ4n) is 1.45. The van der Waals surface area contributed by atoms with Gasteiger partial charge in [0.25, 0.3) is 0 Å². The molecule has 0 N–H and O–H groups in total. The van der Waals surface area contributed by atoms with Gasteiger partial charge in [-0.25, -0.2) is 0 Å². The minimum absolute atomic E-state index is 1.23. The monoisotopic (exact) mass is 187 g/mol. The summed E-state index contributed by atoms with van der Waals surface area (Å²) in [5.41, 5.74) is 2.53. The van der Waals surface area contributed by atoms with Gasteiger partial charge in [-0.3, -0.25) is 4.98 Å². The smallest absolute Gasteiger partial charge is 0.0346 e. The predicted molar refractivity (Wildman–Crippen MR) is 62.6 cm³/mol. The van der Waals surface area contributed by atoms with Gasteiger partial charge in [-0.1, -0.05) is 31.5 Å². The molecular formula is C13H17N. The molecular weight excluding hydrogens is 170 g/mol. The molecule has 0 atom stereocenters. The molecule has 2 rings (SSSR count). The van der Waals surface area contributed by atoms with E-state index in [1.165, 1.54) is 21.9 Å². The Balaban J connectivity index is 0.000000461. The molecule has 2 aromatic rings. The first-order valence-electron chi connectivity index (χ1n) is 5.08. The van der Waals surface area contributed by atoms with Crippen LogP contribution in [0.15, 0.2) is 30.6 Å². The number of fused-ring (bicyclic) bond motifs is 1. The van der Waals surface area contributed by atoms with Crippen LogP contribution < -0.4 is 0 Å². The molecule has 0 saturated heterocycles. The molecule has 1 aromatic carbocycles. The van der Waals surface area contributed by atoms with Crippen LogP contribution in [0.1, 0.15) is 25.0 Å². The maximum absolute atomic E-state index is 4.15. The van der Waals surface area contributed by atoms with E-state index < -0.39 is 0 Å². The Bertz CT molecular complexity index is 419. The van der Waals surface area contributed by atoms with E-state index in [1.807, 2.05) is 26.2 Å². The van der Waals surface area contributed by atoms with Crippen LogP contribution in [0.3, 0.4) is 0 Å². The third-order valence-electron chi connectivity index (χ3n) is 2.11. The maximum Gasteiger partial charge on any atom is 0.0346 e. The number of pyridine rings is 1. The van der Waals surface area contributed by atoms with Crippen LogP contribution in [0.4, 0.5) is 0 Å². The quantitative estimate of drug-likeness (QED) is 0.610. The second-order valence-electron chi connectivity index (χ2n) is 3.18. The molecule has 0 fully saturated rings. The first-order valence-corrected chi connectivity index (χ1v) is 5.08. The molecule has 1 heterocycles.